The molecule has 0 spiro atoms. The van der Waals surface area contributed by atoms with E-state index < -0.39 is 0 Å². The van der Waals surface area contributed by atoms with Crippen LogP contribution in [-0.2, 0) is 11.3 Å². The van der Waals surface area contributed by atoms with Crippen molar-refractivity contribution in [3.05, 3.63) is 42.5 Å². The van der Waals surface area contributed by atoms with Crippen LogP contribution < -0.4 is 4.74 Å². The first-order valence-corrected chi connectivity index (χ1v) is 7.06. The highest BCUT2D eigenvalue weighted by Crippen LogP contribution is 2.22. The molecule has 1 rings (SSSR count). The monoisotopic (exact) mass is 346 g/mol. The second-order valence-electron chi connectivity index (χ2n) is 4.33. The second-order valence-corrected chi connectivity index (χ2v) is 5.10. The molecule has 0 heterocycles. The predicted molar refractivity (Wildman–Crippen MR) is 79.8 cm³/mol. The molecule has 3 heteroatoms. The zero-order valence-electron chi connectivity index (χ0n) is 10.4. The minimum atomic E-state index is 0.0625. The lowest BCUT2D eigenvalue weighted by atomic mass is 9.95. The Morgan fingerprint density at radius 3 is 2.47 bits per heavy atom. The van der Waals surface area contributed by atoms with E-state index in [0.717, 1.165) is 15.7 Å². The standard InChI is InChI=1S/C14H19IO2/c1-4-14(2,10-15)11-17-9-12-5-7-13(16-3)8-6-12/h4-8H,1,9-11H2,2-3H3/t14-/m1/s1. The minimum Gasteiger partial charge on any atom is -0.497 e. The Kier molecular flexibility index (Phi) is 5.98. The molecule has 0 radical (unpaired) electrons. The summed E-state index contributed by atoms with van der Waals surface area (Å²) < 4.78 is 11.8. The molecule has 0 saturated carbocycles. The molecular weight excluding hydrogens is 327 g/mol. The van der Waals surface area contributed by atoms with Gasteiger partial charge in [-0.05, 0) is 17.7 Å². The zero-order chi connectivity index (χ0) is 12.7. The number of hydrogen-bond donors (Lipinski definition) is 0. The lowest BCUT2D eigenvalue weighted by Gasteiger charge is -2.22. The molecule has 2 nitrogen and oxygen atoms in total. The van der Waals surface area contributed by atoms with Crippen molar-refractivity contribution >= 4 is 22.6 Å². The summed E-state index contributed by atoms with van der Waals surface area (Å²) in [4.78, 5) is 0. The van der Waals surface area contributed by atoms with Crippen molar-refractivity contribution < 1.29 is 9.47 Å². The minimum absolute atomic E-state index is 0.0625. The highest BCUT2D eigenvalue weighted by atomic mass is 127. The number of benzene rings is 1. The van der Waals surface area contributed by atoms with Gasteiger partial charge in [0.15, 0.2) is 0 Å². The molecule has 0 aliphatic rings. The van der Waals surface area contributed by atoms with E-state index in [9.17, 15) is 0 Å². The Morgan fingerprint density at radius 1 is 1.35 bits per heavy atom. The highest BCUT2D eigenvalue weighted by Gasteiger charge is 2.18. The van der Waals surface area contributed by atoms with Crippen LogP contribution in [0.4, 0.5) is 0 Å². The molecule has 0 aromatic heterocycles. The fourth-order valence-electron chi connectivity index (χ4n) is 1.28. The summed E-state index contributed by atoms with van der Waals surface area (Å²) in [5.41, 5.74) is 1.22. The van der Waals surface area contributed by atoms with Crippen LogP contribution in [0, 0.1) is 5.41 Å². The van der Waals surface area contributed by atoms with Gasteiger partial charge < -0.3 is 9.47 Å². The molecule has 17 heavy (non-hydrogen) atoms. The highest BCUT2D eigenvalue weighted by molar-refractivity contribution is 14.1. The van der Waals surface area contributed by atoms with Crippen LogP contribution in [-0.4, -0.2) is 18.1 Å². The Hall–Kier alpha value is -0.550. The van der Waals surface area contributed by atoms with Crippen LogP contribution in [0.15, 0.2) is 36.9 Å². The quantitative estimate of drug-likeness (QED) is 0.424. The van der Waals surface area contributed by atoms with Crippen LogP contribution >= 0.6 is 22.6 Å². The molecule has 0 bridgehead atoms. The number of halogens is 1. The zero-order valence-corrected chi connectivity index (χ0v) is 12.6. The fourth-order valence-corrected chi connectivity index (χ4v) is 1.81. The molecule has 0 fully saturated rings. The van der Waals surface area contributed by atoms with Crippen LogP contribution in [0.1, 0.15) is 12.5 Å². The number of hydrogen-bond acceptors (Lipinski definition) is 2. The van der Waals surface area contributed by atoms with Gasteiger partial charge in [0.25, 0.3) is 0 Å². The molecule has 0 aliphatic heterocycles. The van der Waals surface area contributed by atoms with Crippen molar-refractivity contribution in [3.8, 4) is 5.75 Å². The summed E-state index contributed by atoms with van der Waals surface area (Å²) in [6.45, 7) is 7.33. The van der Waals surface area contributed by atoms with E-state index in [-0.39, 0.29) is 5.41 Å². The van der Waals surface area contributed by atoms with Gasteiger partial charge in [0.05, 0.1) is 20.3 Å². The van der Waals surface area contributed by atoms with Crippen molar-refractivity contribution in [2.75, 3.05) is 18.1 Å². The largest absolute Gasteiger partial charge is 0.497 e. The third-order valence-electron chi connectivity index (χ3n) is 2.66. The van der Waals surface area contributed by atoms with Gasteiger partial charge in [-0.1, -0.05) is 47.7 Å². The van der Waals surface area contributed by atoms with Gasteiger partial charge in [0.1, 0.15) is 5.75 Å². The van der Waals surface area contributed by atoms with E-state index in [2.05, 4.69) is 36.1 Å². The number of rotatable bonds is 7. The molecule has 0 unspecified atom stereocenters. The summed E-state index contributed by atoms with van der Waals surface area (Å²) in [5, 5.41) is 0. The van der Waals surface area contributed by atoms with Crippen LogP contribution in [0.25, 0.3) is 0 Å². The second kappa shape index (κ2) is 7.01. The van der Waals surface area contributed by atoms with E-state index in [1.807, 2.05) is 30.3 Å². The third kappa shape index (κ3) is 4.68. The average Bonchev–Trinajstić information content (AvgIpc) is 2.39. The van der Waals surface area contributed by atoms with Crippen LogP contribution in [0.2, 0.25) is 0 Å². The Morgan fingerprint density at radius 2 is 2.00 bits per heavy atom. The lowest BCUT2D eigenvalue weighted by Crippen LogP contribution is -2.22. The fraction of sp³-hybridized carbons (Fsp3) is 0.429. The van der Waals surface area contributed by atoms with E-state index in [1.165, 1.54) is 0 Å². The maximum Gasteiger partial charge on any atom is 0.118 e. The SMILES string of the molecule is C=C[C@](C)(CI)COCc1ccc(OC)cc1. The first-order valence-electron chi connectivity index (χ1n) is 5.54. The summed E-state index contributed by atoms with van der Waals surface area (Å²) in [6, 6.07) is 7.94. The van der Waals surface area contributed by atoms with Gasteiger partial charge in [-0.15, -0.1) is 6.58 Å². The van der Waals surface area contributed by atoms with Crippen LogP contribution in [0.3, 0.4) is 0 Å². The Bertz CT molecular complexity index is 348. The van der Waals surface area contributed by atoms with Gasteiger partial charge in [0.2, 0.25) is 0 Å². The number of alkyl halides is 1. The Labute approximate surface area is 117 Å². The van der Waals surface area contributed by atoms with Crippen molar-refractivity contribution in [3.63, 3.8) is 0 Å². The first kappa shape index (κ1) is 14.5. The molecule has 94 valence electrons. The topological polar surface area (TPSA) is 18.5 Å². The molecule has 1 aromatic rings. The van der Waals surface area contributed by atoms with Crippen molar-refractivity contribution in [1.29, 1.82) is 0 Å². The van der Waals surface area contributed by atoms with E-state index >= 15 is 0 Å². The molecule has 0 N–H and O–H groups in total. The van der Waals surface area contributed by atoms with Gasteiger partial charge in [-0.2, -0.15) is 0 Å². The lowest BCUT2D eigenvalue weighted by molar-refractivity contribution is 0.0746. The van der Waals surface area contributed by atoms with Gasteiger partial charge in [-0.25, -0.2) is 0 Å². The summed E-state index contributed by atoms with van der Waals surface area (Å²) in [7, 11) is 1.67. The van der Waals surface area contributed by atoms with Crippen molar-refractivity contribution in [2.45, 2.75) is 13.5 Å². The molecule has 1 aromatic carbocycles. The Balaban J connectivity index is 2.42. The van der Waals surface area contributed by atoms with E-state index in [1.54, 1.807) is 7.11 Å². The van der Waals surface area contributed by atoms with Gasteiger partial charge in [-0.3, -0.25) is 0 Å². The van der Waals surface area contributed by atoms with Gasteiger partial charge in [0, 0.05) is 9.84 Å². The van der Waals surface area contributed by atoms with E-state index in [4.69, 9.17) is 9.47 Å². The van der Waals surface area contributed by atoms with E-state index in [0.29, 0.717) is 13.2 Å². The summed E-state index contributed by atoms with van der Waals surface area (Å²) >= 11 is 2.36. The first-order chi connectivity index (χ1) is 8.13. The maximum atomic E-state index is 5.72. The predicted octanol–water partition coefficient (Wildman–Crippen LogP) is 3.84. The number of ether oxygens (including phenoxy) is 2. The van der Waals surface area contributed by atoms with Crippen LogP contribution in [0.5, 0.6) is 5.75 Å². The van der Waals surface area contributed by atoms with Crippen molar-refractivity contribution in [1.82, 2.24) is 0 Å². The molecule has 1 atom stereocenters. The van der Waals surface area contributed by atoms with Crippen molar-refractivity contribution in [2.24, 2.45) is 5.41 Å². The maximum absolute atomic E-state index is 5.72. The molecule has 0 saturated heterocycles. The summed E-state index contributed by atoms with van der Waals surface area (Å²) in [6.07, 6.45) is 1.97. The molecule has 0 aliphatic carbocycles. The smallest absolute Gasteiger partial charge is 0.118 e. The van der Waals surface area contributed by atoms with Gasteiger partial charge >= 0.3 is 0 Å². The summed E-state index contributed by atoms with van der Waals surface area (Å²) in [5.74, 6) is 0.872. The average molecular weight is 346 g/mol. The normalized spacial score (nSPS) is 14.1. The number of methoxy groups -OCH3 is 1. The molecular formula is C14H19IO2. The third-order valence-corrected chi connectivity index (χ3v) is 4.40. The molecule has 0 amide bonds.